The van der Waals surface area contributed by atoms with E-state index in [2.05, 4.69) is 17.6 Å². The highest BCUT2D eigenvalue weighted by Crippen LogP contribution is 2.20. The molecule has 0 bridgehead atoms. The minimum Gasteiger partial charge on any atom is -0.348 e. The van der Waals surface area contributed by atoms with E-state index in [1.54, 1.807) is 0 Å². The fourth-order valence-electron chi connectivity index (χ4n) is 2.03. The van der Waals surface area contributed by atoms with Crippen molar-refractivity contribution in [1.29, 1.82) is 0 Å². The number of carbonyl (C=O) groups is 1. The largest absolute Gasteiger partial charge is 0.348 e. The van der Waals surface area contributed by atoms with Crippen LogP contribution in [-0.2, 0) is 4.79 Å². The van der Waals surface area contributed by atoms with E-state index in [1.165, 1.54) is 0 Å². The summed E-state index contributed by atoms with van der Waals surface area (Å²) in [6.07, 6.45) is 2.25. The molecule has 1 aromatic rings. The normalized spacial score (nSPS) is 18.2. The number of nitrogens with one attached hydrogen (secondary N) is 1. The van der Waals surface area contributed by atoms with Crippen molar-refractivity contribution >= 4 is 17.5 Å². The number of hydrogen-bond donors (Lipinski definition) is 2. The van der Waals surface area contributed by atoms with E-state index < -0.39 is 0 Å². The molecule has 0 saturated heterocycles. The van der Waals surface area contributed by atoms with Crippen LogP contribution in [0.15, 0.2) is 24.3 Å². The van der Waals surface area contributed by atoms with E-state index in [-0.39, 0.29) is 18.0 Å². The van der Waals surface area contributed by atoms with Crippen LogP contribution in [0.25, 0.3) is 0 Å². The molecule has 4 heteroatoms. The first kappa shape index (κ1) is 13.4. The van der Waals surface area contributed by atoms with Crippen LogP contribution in [0.4, 0.5) is 0 Å². The van der Waals surface area contributed by atoms with E-state index in [0.29, 0.717) is 6.04 Å². The number of nitrogens with two attached hydrogens (primary N) is 1. The molecule has 98 valence electrons. The van der Waals surface area contributed by atoms with Crippen LogP contribution in [-0.4, -0.2) is 18.0 Å². The highest BCUT2D eigenvalue weighted by Gasteiger charge is 2.28. The summed E-state index contributed by atoms with van der Waals surface area (Å²) in [5.41, 5.74) is 1.07. The molecule has 0 aromatic heterocycles. The van der Waals surface area contributed by atoms with E-state index in [4.69, 9.17) is 11.6 Å². The van der Waals surface area contributed by atoms with E-state index in [9.17, 15) is 4.79 Å². The number of carbonyl (C=O) groups excluding carboxylic acids is 1. The predicted molar refractivity (Wildman–Crippen MR) is 72.4 cm³/mol. The van der Waals surface area contributed by atoms with Gasteiger partial charge in [0.25, 0.3) is 5.91 Å². The van der Waals surface area contributed by atoms with Crippen LogP contribution >= 0.6 is 11.6 Å². The second-order valence-electron chi connectivity index (χ2n) is 5.07. The van der Waals surface area contributed by atoms with Gasteiger partial charge < -0.3 is 10.6 Å². The third kappa shape index (κ3) is 3.47. The summed E-state index contributed by atoms with van der Waals surface area (Å²) >= 11 is 6.16. The molecule has 1 saturated carbocycles. The maximum atomic E-state index is 11.9. The average Bonchev–Trinajstić information content (AvgIpc) is 3.13. The molecule has 1 aliphatic rings. The summed E-state index contributed by atoms with van der Waals surface area (Å²) in [6.45, 7) is 4.01. The zero-order valence-electron chi connectivity index (χ0n) is 10.8. The molecule has 0 radical (unpaired) electrons. The SMILES string of the molecule is C[C@H]([NH2+][C@H](C)c1ccccc1Cl)C(=O)NC1CC1. The monoisotopic (exact) mass is 267 g/mol. The third-order valence-corrected chi connectivity index (χ3v) is 3.65. The number of quaternary nitrogens is 1. The van der Waals surface area contributed by atoms with Gasteiger partial charge in [-0.25, -0.2) is 0 Å². The van der Waals surface area contributed by atoms with Crippen molar-refractivity contribution < 1.29 is 10.1 Å². The van der Waals surface area contributed by atoms with Crippen LogP contribution in [0.5, 0.6) is 0 Å². The molecular formula is C14H20ClN2O+. The molecule has 18 heavy (non-hydrogen) atoms. The number of amides is 1. The van der Waals surface area contributed by atoms with E-state index in [0.717, 1.165) is 23.4 Å². The smallest absolute Gasteiger partial charge is 0.278 e. The van der Waals surface area contributed by atoms with Gasteiger partial charge in [-0.05, 0) is 32.8 Å². The third-order valence-electron chi connectivity index (χ3n) is 3.31. The lowest BCUT2D eigenvalue weighted by Gasteiger charge is -2.17. The van der Waals surface area contributed by atoms with E-state index >= 15 is 0 Å². The lowest BCUT2D eigenvalue weighted by molar-refractivity contribution is -0.710. The Morgan fingerprint density at radius 1 is 1.39 bits per heavy atom. The Morgan fingerprint density at radius 3 is 2.67 bits per heavy atom. The molecule has 0 unspecified atom stereocenters. The molecule has 1 fully saturated rings. The molecule has 2 atom stereocenters. The second-order valence-corrected chi connectivity index (χ2v) is 5.48. The lowest BCUT2D eigenvalue weighted by atomic mass is 10.1. The molecule has 2 rings (SSSR count). The predicted octanol–water partition coefficient (Wildman–Crippen LogP) is 1.63. The topological polar surface area (TPSA) is 45.7 Å². The fraction of sp³-hybridized carbons (Fsp3) is 0.500. The summed E-state index contributed by atoms with van der Waals surface area (Å²) in [7, 11) is 0. The molecule has 0 spiro atoms. The highest BCUT2D eigenvalue weighted by atomic mass is 35.5. The van der Waals surface area contributed by atoms with Gasteiger partial charge in [-0.1, -0.05) is 29.8 Å². The Bertz CT molecular complexity index is 432. The lowest BCUT2D eigenvalue weighted by Crippen LogP contribution is -2.92. The average molecular weight is 268 g/mol. The van der Waals surface area contributed by atoms with Gasteiger partial charge in [0, 0.05) is 16.6 Å². The Hall–Kier alpha value is -1.06. The Balaban J connectivity index is 1.91. The van der Waals surface area contributed by atoms with Gasteiger partial charge in [-0.3, -0.25) is 4.79 Å². The van der Waals surface area contributed by atoms with Crippen LogP contribution in [0, 0.1) is 0 Å². The number of benzene rings is 1. The van der Waals surface area contributed by atoms with Gasteiger partial charge in [0.1, 0.15) is 6.04 Å². The molecule has 0 heterocycles. The Labute approximate surface area is 113 Å². The van der Waals surface area contributed by atoms with E-state index in [1.807, 2.05) is 31.2 Å². The van der Waals surface area contributed by atoms with Gasteiger partial charge in [-0.2, -0.15) is 0 Å². The molecule has 1 aliphatic carbocycles. The van der Waals surface area contributed by atoms with Crippen LogP contribution < -0.4 is 10.6 Å². The second kappa shape index (κ2) is 5.72. The number of hydrogen-bond acceptors (Lipinski definition) is 1. The molecule has 1 aromatic carbocycles. The van der Waals surface area contributed by atoms with Crippen LogP contribution in [0.2, 0.25) is 5.02 Å². The van der Waals surface area contributed by atoms with Crippen molar-refractivity contribution in [3.8, 4) is 0 Å². The van der Waals surface area contributed by atoms with Gasteiger partial charge in [-0.15, -0.1) is 0 Å². The summed E-state index contributed by atoms with van der Waals surface area (Å²) in [6, 6.07) is 8.30. The van der Waals surface area contributed by atoms with Gasteiger partial charge in [0.2, 0.25) is 0 Å². The van der Waals surface area contributed by atoms with Crippen molar-refractivity contribution in [1.82, 2.24) is 5.32 Å². The summed E-state index contributed by atoms with van der Waals surface area (Å²) in [5, 5.41) is 5.84. The summed E-state index contributed by atoms with van der Waals surface area (Å²) in [5.74, 6) is 0.122. The van der Waals surface area contributed by atoms with Crippen LogP contribution in [0.1, 0.15) is 38.3 Å². The first-order valence-corrected chi connectivity index (χ1v) is 6.85. The molecule has 3 N–H and O–H groups in total. The quantitative estimate of drug-likeness (QED) is 0.837. The Kier molecular flexibility index (Phi) is 4.25. The first-order valence-electron chi connectivity index (χ1n) is 6.47. The van der Waals surface area contributed by atoms with Gasteiger partial charge >= 0.3 is 0 Å². The number of halogens is 1. The molecule has 0 aliphatic heterocycles. The zero-order chi connectivity index (χ0) is 13.1. The maximum absolute atomic E-state index is 11.9. The van der Waals surface area contributed by atoms with Crippen molar-refractivity contribution in [2.24, 2.45) is 0 Å². The van der Waals surface area contributed by atoms with Crippen molar-refractivity contribution in [2.45, 2.75) is 44.8 Å². The van der Waals surface area contributed by atoms with Crippen molar-refractivity contribution in [2.75, 3.05) is 0 Å². The molecular weight excluding hydrogens is 248 g/mol. The van der Waals surface area contributed by atoms with Crippen LogP contribution in [0.3, 0.4) is 0 Å². The summed E-state index contributed by atoms with van der Waals surface area (Å²) < 4.78 is 0. The first-order chi connectivity index (χ1) is 8.58. The number of rotatable bonds is 5. The highest BCUT2D eigenvalue weighted by molar-refractivity contribution is 6.31. The molecule has 3 nitrogen and oxygen atoms in total. The maximum Gasteiger partial charge on any atom is 0.278 e. The minimum absolute atomic E-state index is 0.0862. The zero-order valence-corrected chi connectivity index (χ0v) is 11.6. The standard InChI is InChI=1S/C14H19ClN2O/c1-9(12-5-3-4-6-13(12)15)16-10(2)14(18)17-11-7-8-11/h3-6,9-11,16H,7-8H2,1-2H3,(H,17,18)/p+1/t9-,10+/m1/s1. The van der Waals surface area contributed by atoms with Crippen molar-refractivity contribution in [3.63, 3.8) is 0 Å². The molecule has 1 amide bonds. The fourth-order valence-corrected chi connectivity index (χ4v) is 2.34. The van der Waals surface area contributed by atoms with Crippen molar-refractivity contribution in [3.05, 3.63) is 34.9 Å². The minimum atomic E-state index is -0.0862. The Morgan fingerprint density at radius 2 is 2.06 bits per heavy atom. The van der Waals surface area contributed by atoms with Gasteiger partial charge in [0.15, 0.2) is 6.04 Å². The van der Waals surface area contributed by atoms with Gasteiger partial charge in [0.05, 0.1) is 0 Å². The summed E-state index contributed by atoms with van der Waals surface area (Å²) in [4.78, 5) is 11.9.